The minimum atomic E-state index is 0. The van der Waals surface area contributed by atoms with Gasteiger partial charge in [-0.05, 0) is 6.42 Å². The molecule has 0 aromatic heterocycles. The molecule has 0 rings (SSSR count). The van der Waals surface area contributed by atoms with Gasteiger partial charge < -0.3 is 4.79 Å². The van der Waals surface area contributed by atoms with Gasteiger partial charge >= 0.3 is 0 Å². The Kier molecular flexibility index (Phi) is 15.6. The van der Waals surface area contributed by atoms with Crippen LogP contribution in [0.2, 0.25) is 0 Å². The van der Waals surface area contributed by atoms with E-state index in [4.69, 9.17) is 0 Å². The first-order chi connectivity index (χ1) is 2.41. The van der Waals surface area contributed by atoms with Crippen LogP contribution < -0.4 is 0 Å². The summed E-state index contributed by atoms with van der Waals surface area (Å²) >= 11 is 0. The fourth-order valence-corrected chi connectivity index (χ4v) is 0.118. The van der Waals surface area contributed by atoms with E-state index >= 15 is 0 Å². The standard InChI is InChI=1S/C4H8O.Dy/c1-2-3-4-5;/h4H,2-3H2,1H3;. The van der Waals surface area contributed by atoms with E-state index in [0.29, 0.717) is 6.42 Å². The maximum atomic E-state index is 9.40. The molecule has 0 aliphatic heterocycles. The van der Waals surface area contributed by atoms with Crippen molar-refractivity contribution in [3.05, 3.63) is 0 Å². The van der Waals surface area contributed by atoms with Crippen molar-refractivity contribution >= 4 is 6.29 Å². The molecule has 6 heavy (non-hydrogen) atoms. The summed E-state index contributed by atoms with van der Waals surface area (Å²) < 4.78 is 0. The molecule has 0 aliphatic carbocycles. The van der Waals surface area contributed by atoms with E-state index in [0.717, 1.165) is 12.7 Å². The number of rotatable bonds is 2. The Balaban J connectivity index is 0. The Morgan fingerprint density at radius 1 is 1.67 bits per heavy atom. The summed E-state index contributed by atoms with van der Waals surface area (Å²) in [5.74, 6) is 0. The van der Waals surface area contributed by atoms with Gasteiger partial charge in [-0.2, -0.15) is 0 Å². The first kappa shape index (κ1) is 10.0. The van der Waals surface area contributed by atoms with E-state index in [2.05, 4.69) is 0 Å². The van der Waals surface area contributed by atoms with E-state index in [1.807, 2.05) is 6.92 Å². The molecule has 0 unspecified atom stereocenters. The second-order valence-electron chi connectivity index (χ2n) is 0.955. The van der Waals surface area contributed by atoms with E-state index < -0.39 is 0 Å². The maximum Gasteiger partial charge on any atom is 0.119 e. The number of hydrogen-bond acceptors (Lipinski definition) is 1. The second kappa shape index (κ2) is 9.34. The Morgan fingerprint density at radius 2 is 2.17 bits per heavy atom. The molecule has 0 aromatic rings. The third-order valence-corrected chi connectivity index (χ3v) is 0.407. The van der Waals surface area contributed by atoms with Crippen molar-refractivity contribution in [2.45, 2.75) is 19.8 Å². The molecule has 0 heterocycles. The van der Waals surface area contributed by atoms with E-state index in [1.165, 1.54) is 0 Å². The number of carbonyl (C=O) groups is 1. The van der Waals surface area contributed by atoms with Crippen molar-refractivity contribution in [3.63, 3.8) is 0 Å². The molecule has 0 amide bonds. The minimum absolute atomic E-state index is 0. The van der Waals surface area contributed by atoms with Gasteiger partial charge in [-0.1, -0.05) is 6.92 Å². The van der Waals surface area contributed by atoms with Crippen molar-refractivity contribution in [1.29, 1.82) is 0 Å². The third kappa shape index (κ3) is 8.87. The number of unbranched alkanes of at least 4 members (excludes halogenated alkanes) is 1. The molecule has 0 saturated heterocycles. The summed E-state index contributed by atoms with van der Waals surface area (Å²) in [6.45, 7) is 1.98. The minimum Gasteiger partial charge on any atom is -0.303 e. The van der Waals surface area contributed by atoms with Gasteiger partial charge in [0.05, 0.1) is 0 Å². The van der Waals surface area contributed by atoms with Crippen molar-refractivity contribution in [1.82, 2.24) is 0 Å². The van der Waals surface area contributed by atoms with Crippen LogP contribution in [0.25, 0.3) is 0 Å². The van der Waals surface area contributed by atoms with Crippen LogP contribution in [0.15, 0.2) is 0 Å². The van der Waals surface area contributed by atoms with Gasteiger partial charge in [0.2, 0.25) is 0 Å². The molecule has 0 aromatic carbocycles. The van der Waals surface area contributed by atoms with E-state index in [1.54, 1.807) is 0 Å². The molecule has 0 atom stereocenters. The molecule has 2 heteroatoms. The summed E-state index contributed by atoms with van der Waals surface area (Å²) in [5.41, 5.74) is 0. The Bertz CT molecular complexity index is 28.7. The summed E-state index contributed by atoms with van der Waals surface area (Å²) in [6.07, 6.45) is 2.61. The molecular formula is C4H8DyO. The van der Waals surface area contributed by atoms with Gasteiger partial charge in [0.1, 0.15) is 6.29 Å². The van der Waals surface area contributed by atoms with Crippen LogP contribution in [0.4, 0.5) is 0 Å². The van der Waals surface area contributed by atoms with E-state index in [-0.39, 0.29) is 38.2 Å². The van der Waals surface area contributed by atoms with Crippen molar-refractivity contribution < 1.29 is 43.0 Å². The molecule has 0 fully saturated rings. The normalized spacial score (nSPS) is 6.17. The molecule has 0 N–H and O–H groups in total. The van der Waals surface area contributed by atoms with Crippen molar-refractivity contribution in [2.75, 3.05) is 0 Å². The van der Waals surface area contributed by atoms with Gasteiger partial charge in [0, 0.05) is 44.6 Å². The van der Waals surface area contributed by atoms with Gasteiger partial charge in [0.25, 0.3) is 0 Å². The number of aldehydes is 1. The maximum absolute atomic E-state index is 9.40. The average Bonchev–Trinajstić information content (AvgIpc) is 1.41. The summed E-state index contributed by atoms with van der Waals surface area (Å²) in [6, 6.07) is 0. The van der Waals surface area contributed by atoms with Crippen LogP contribution in [0.3, 0.4) is 0 Å². The first-order valence-corrected chi connectivity index (χ1v) is 1.85. The van der Waals surface area contributed by atoms with Crippen LogP contribution >= 0.6 is 0 Å². The summed E-state index contributed by atoms with van der Waals surface area (Å²) in [7, 11) is 0. The third-order valence-electron chi connectivity index (χ3n) is 0.407. The largest absolute Gasteiger partial charge is 0.303 e. The predicted molar refractivity (Wildman–Crippen MR) is 21.0 cm³/mol. The van der Waals surface area contributed by atoms with Gasteiger partial charge in [-0.3, -0.25) is 0 Å². The SMILES string of the molecule is CCCC=O.[Dy]. The molecule has 0 bridgehead atoms. The topological polar surface area (TPSA) is 17.1 Å². The number of hydrogen-bond donors (Lipinski definition) is 0. The summed E-state index contributed by atoms with van der Waals surface area (Å²) in [4.78, 5) is 9.40. The van der Waals surface area contributed by atoms with Crippen molar-refractivity contribution in [3.8, 4) is 0 Å². The molecule has 0 spiro atoms. The average molecular weight is 235 g/mol. The first-order valence-electron chi connectivity index (χ1n) is 1.85. The predicted octanol–water partition coefficient (Wildman–Crippen LogP) is 0.985. The second-order valence-corrected chi connectivity index (χ2v) is 0.955. The van der Waals surface area contributed by atoms with Crippen molar-refractivity contribution in [2.24, 2.45) is 0 Å². The molecule has 0 aliphatic rings. The molecule has 0 saturated carbocycles. The molecular weight excluding hydrogens is 227 g/mol. The number of carbonyl (C=O) groups excluding carboxylic acids is 1. The van der Waals surface area contributed by atoms with Crippen LogP contribution in [-0.2, 0) is 4.79 Å². The summed E-state index contributed by atoms with van der Waals surface area (Å²) in [5, 5.41) is 0. The molecule has 40 valence electrons. The van der Waals surface area contributed by atoms with Crippen LogP contribution in [0.1, 0.15) is 19.8 Å². The molecule has 1 nitrogen and oxygen atoms in total. The molecule has 0 radical (unpaired) electrons. The zero-order chi connectivity index (χ0) is 4.12. The fraction of sp³-hybridized carbons (Fsp3) is 0.750. The van der Waals surface area contributed by atoms with Gasteiger partial charge in [-0.25, -0.2) is 0 Å². The zero-order valence-corrected chi connectivity index (χ0v) is 5.75. The van der Waals surface area contributed by atoms with Crippen LogP contribution in [0, 0.1) is 38.2 Å². The monoisotopic (exact) mass is 236 g/mol. The quantitative estimate of drug-likeness (QED) is 0.651. The van der Waals surface area contributed by atoms with Crippen LogP contribution in [0.5, 0.6) is 0 Å². The van der Waals surface area contributed by atoms with Gasteiger partial charge in [0.15, 0.2) is 0 Å². The Hall–Kier alpha value is 0.943. The van der Waals surface area contributed by atoms with Crippen LogP contribution in [-0.4, -0.2) is 6.29 Å². The fourth-order valence-electron chi connectivity index (χ4n) is 0.118. The van der Waals surface area contributed by atoms with Gasteiger partial charge in [-0.15, -0.1) is 0 Å². The van der Waals surface area contributed by atoms with E-state index in [9.17, 15) is 4.79 Å². The smallest absolute Gasteiger partial charge is 0.119 e. The Labute approximate surface area is 68.5 Å². The Morgan fingerprint density at radius 3 is 2.17 bits per heavy atom. The zero-order valence-electron chi connectivity index (χ0n) is 3.72.